The minimum absolute atomic E-state index is 0.0574. The van der Waals surface area contributed by atoms with Gasteiger partial charge in [-0.3, -0.25) is 19.1 Å². The zero-order valence-electron chi connectivity index (χ0n) is 20.3. The molecule has 0 aliphatic carbocycles. The number of nitrogens with zero attached hydrogens (tertiary/aromatic N) is 2. The summed E-state index contributed by atoms with van der Waals surface area (Å²) in [4.78, 5) is 42.0. The van der Waals surface area contributed by atoms with Crippen LogP contribution in [0.25, 0.3) is 0 Å². The molecule has 3 amide bonds. The van der Waals surface area contributed by atoms with Crippen molar-refractivity contribution in [2.75, 3.05) is 19.3 Å². The van der Waals surface area contributed by atoms with E-state index in [4.69, 9.17) is 11.6 Å². The highest BCUT2D eigenvalue weighted by Crippen LogP contribution is 2.33. The lowest BCUT2D eigenvalue weighted by molar-refractivity contribution is -0.164. The van der Waals surface area contributed by atoms with E-state index in [1.807, 2.05) is 36.8 Å². The Morgan fingerprint density at radius 3 is 2.17 bits per heavy atom. The fourth-order valence-electron chi connectivity index (χ4n) is 4.39. The number of hydrogen-bond acceptors (Lipinski definition) is 5. The van der Waals surface area contributed by atoms with Crippen molar-refractivity contribution in [2.45, 2.75) is 45.7 Å². The molecule has 1 saturated heterocycles. The molecule has 8 nitrogen and oxygen atoms in total. The molecule has 2 aromatic carbocycles. The molecule has 0 radical (unpaired) electrons. The van der Waals surface area contributed by atoms with Crippen LogP contribution in [0.4, 0.5) is 0 Å². The summed E-state index contributed by atoms with van der Waals surface area (Å²) >= 11 is 5.96. The molecule has 3 rings (SSSR count). The first kappa shape index (κ1) is 26.7. The molecular formula is C25H30ClN3O5S. The van der Waals surface area contributed by atoms with Gasteiger partial charge < -0.3 is 9.80 Å². The van der Waals surface area contributed by atoms with Gasteiger partial charge in [0.15, 0.2) is 0 Å². The number of carbonyl (C=O) groups is 3. The number of hydrogen-bond donors (Lipinski definition) is 1. The maximum absolute atomic E-state index is 13.7. The van der Waals surface area contributed by atoms with Crippen LogP contribution in [0.2, 0.25) is 5.02 Å². The minimum Gasteiger partial charge on any atom is -0.328 e. The maximum Gasteiger partial charge on any atom is 0.253 e. The third kappa shape index (κ3) is 6.82. The standard InChI is InChI=1S/C25H30ClN3O5S/c1-17-11-18(2)13-20(12-17)14-23(31)29-10-9-25(29,3)24(32)28(16-22(30)27-35(4,33)34)15-19-5-7-21(26)8-6-19/h5-8,11-13H,9-10,14-16H2,1-4H3,(H,27,30). The third-order valence-corrected chi connectivity index (χ3v) is 6.87. The minimum atomic E-state index is -3.79. The van der Waals surface area contributed by atoms with Crippen LogP contribution in [0, 0.1) is 13.8 Å². The Kier molecular flexibility index (Phi) is 7.91. The van der Waals surface area contributed by atoms with E-state index >= 15 is 0 Å². The van der Waals surface area contributed by atoms with Crippen molar-refractivity contribution >= 4 is 39.3 Å². The van der Waals surface area contributed by atoms with Crippen molar-refractivity contribution in [1.82, 2.24) is 14.5 Å². The van der Waals surface area contributed by atoms with Gasteiger partial charge in [0.25, 0.3) is 5.91 Å². The van der Waals surface area contributed by atoms with Crippen LogP contribution in [0.3, 0.4) is 0 Å². The number of carbonyl (C=O) groups excluding carboxylic acids is 3. The van der Waals surface area contributed by atoms with E-state index in [0.717, 1.165) is 22.9 Å². The predicted octanol–water partition coefficient (Wildman–Crippen LogP) is 2.59. The molecular weight excluding hydrogens is 490 g/mol. The summed E-state index contributed by atoms with van der Waals surface area (Å²) in [5, 5.41) is 0.524. The number of likely N-dealkylation sites (tertiary alicyclic amines) is 1. The fraction of sp³-hybridized carbons (Fsp3) is 0.400. The van der Waals surface area contributed by atoms with E-state index in [1.165, 1.54) is 9.80 Å². The zero-order chi connectivity index (χ0) is 26.0. The van der Waals surface area contributed by atoms with Crippen molar-refractivity contribution in [3.05, 3.63) is 69.7 Å². The molecule has 35 heavy (non-hydrogen) atoms. The van der Waals surface area contributed by atoms with Crippen LogP contribution < -0.4 is 4.72 Å². The highest BCUT2D eigenvalue weighted by molar-refractivity contribution is 7.89. The Morgan fingerprint density at radius 2 is 1.66 bits per heavy atom. The van der Waals surface area contributed by atoms with E-state index in [1.54, 1.807) is 31.2 Å². The van der Waals surface area contributed by atoms with Crippen molar-refractivity contribution in [2.24, 2.45) is 0 Å². The molecule has 1 aliphatic heterocycles. The second kappa shape index (κ2) is 10.4. The summed E-state index contributed by atoms with van der Waals surface area (Å²) in [6.07, 6.45) is 1.48. The second-order valence-corrected chi connectivity index (χ2v) is 11.5. The van der Waals surface area contributed by atoms with Gasteiger partial charge in [-0.25, -0.2) is 8.42 Å². The number of aryl methyl sites for hydroxylation is 2. The average molecular weight is 520 g/mol. The Labute approximate surface area is 211 Å². The molecule has 0 saturated carbocycles. The van der Waals surface area contributed by atoms with Gasteiger partial charge in [0.05, 0.1) is 12.7 Å². The van der Waals surface area contributed by atoms with Gasteiger partial charge in [-0.2, -0.15) is 0 Å². The highest BCUT2D eigenvalue weighted by Gasteiger charge is 2.51. The lowest BCUT2D eigenvalue weighted by atomic mass is 9.84. The molecule has 188 valence electrons. The van der Waals surface area contributed by atoms with Crippen LogP contribution in [-0.2, 0) is 37.4 Å². The fourth-order valence-corrected chi connectivity index (χ4v) is 4.99. The molecule has 1 atom stereocenters. The summed E-state index contributed by atoms with van der Waals surface area (Å²) in [5.41, 5.74) is 2.57. The normalized spacial score (nSPS) is 17.5. The first-order valence-electron chi connectivity index (χ1n) is 11.2. The van der Waals surface area contributed by atoms with Crippen LogP contribution in [-0.4, -0.2) is 60.8 Å². The van der Waals surface area contributed by atoms with E-state index in [0.29, 0.717) is 23.6 Å². The topological polar surface area (TPSA) is 104 Å². The Hall–Kier alpha value is -2.91. The van der Waals surface area contributed by atoms with Gasteiger partial charge in [-0.15, -0.1) is 0 Å². The second-order valence-electron chi connectivity index (χ2n) is 9.33. The first-order valence-corrected chi connectivity index (χ1v) is 13.5. The lowest BCUT2D eigenvalue weighted by Gasteiger charge is -2.51. The predicted molar refractivity (Wildman–Crippen MR) is 134 cm³/mol. The SMILES string of the molecule is Cc1cc(C)cc(CC(=O)N2CCC2(C)C(=O)N(CC(=O)NS(C)(=O)=O)Cc2ccc(Cl)cc2)c1. The van der Waals surface area contributed by atoms with Crippen LogP contribution in [0.1, 0.15) is 35.6 Å². The summed E-state index contributed by atoms with van der Waals surface area (Å²) in [7, 11) is -3.79. The molecule has 1 N–H and O–H groups in total. The first-order chi connectivity index (χ1) is 16.3. The zero-order valence-corrected chi connectivity index (χ0v) is 21.9. The largest absolute Gasteiger partial charge is 0.328 e. The third-order valence-electron chi connectivity index (χ3n) is 6.02. The van der Waals surface area contributed by atoms with Gasteiger partial charge in [0.2, 0.25) is 21.8 Å². The van der Waals surface area contributed by atoms with Crippen molar-refractivity contribution in [3.8, 4) is 0 Å². The van der Waals surface area contributed by atoms with Crippen molar-refractivity contribution in [3.63, 3.8) is 0 Å². The molecule has 1 unspecified atom stereocenters. The Bertz CT molecular complexity index is 1230. The summed E-state index contributed by atoms with van der Waals surface area (Å²) in [6.45, 7) is 5.63. The molecule has 1 heterocycles. The Morgan fingerprint density at radius 1 is 1.06 bits per heavy atom. The van der Waals surface area contributed by atoms with E-state index in [2.05, 4.69) is 0 Å². The smallest absolute Gasteiger partial charge is 0.253 e. The summed E-state index contributed by atoms with van der Waals surface area (Å²) < 4.78 is 24.9. The van der Waals surface area contributed by atoms with Crippen molar-refractivity contribution < 1.29 is 22.8 Å². The van der Waals surface area contributed by atoms with Gasteiger partial charge in [0.1, 0.15) is 12.1 Å². The van der Waals surface area contributed by atoms with Gasteiger partial charge in [0, 0.05) is 18.1 Å². The molecule has 10 heteroatoms. The summed E-state index contributed by atoms with van der Waals surface area (Å²) in [5.74, 6) is -1.42. The highest BCUT2D eigenvalue weighted by atomic mass is 35.5. The Balaban J connectivity index is 1.81. The monoisotopic (exact) mass is 519 g/mol. The maximum atomic E-state index is 13.7. The molecule has 1 fully saturated rings. The van der Waals surface area contributed by atoms with Gasteiger partial charge in [-0.1, -0.05) is 53.1 Å². The molecule has 0 aromatic heterocycles. The van der Waals surface area contributed by atoms with E-state index < -0.39 is 33.9 Å². The lowest BCUT2D eigenvalue weighted by Crippen LogP contribution is -2.68. The van der Waals surface area contributed by atoms with Crippen LogP contribution >= 0.6 is 11.6 Å². The number of rotatable bonds is 8. The molecule has 1 aliphatic rings. The van der Waals surface area contributed by atoms with Gasteiger partial charge in [-0.05, 0) is 50.5 Å². The number of sulfonamides is 1. The average Bonchev–Trinajstić information content (AvgIpc) is 2.70. The van der Waals surface area contributed by atoms with E-state index in [9.17, 15) is 22.8 Å². The summed E-state index contributed by atoms with van der Waals surface area (Å²) in [6, 6.07) is 12.7. The number of halogens is 1. The van der Waals surface area contributed by atoms with Gasteiger partial charge >= 0.3 is 0 Å². The number of amides is 3. The van der Waals surface area contributed by atoms with Crippen LogP contribution in [0.15, 0.2) is 42.5 Å². The number of benzene rings is 2. The quantitative estimate of drug-likeness (QED) is 0.577. The number of nitrogens with one attached hydrogen (secondary N) is 1. The molecule has 2 aromatic rings. The molecule has 0 spiro atoms. The van der Waals surface area contributed by atoms with Crippen LogP contribution in [0.5, 0.6) is 0 Å². The van der Waals surface area contributed by atoms with E-state index in [-0.39, 0.29) is 18.9 Å². The molecule has 0 bridgehead atoms. The van der Waals surface area contributed by atoms with Crippen molar-refractivity contribution in [1.29, 1.82) is 0 Å².